The van der Waals surface area contributed by atoms with E-state index in [4.69, 9.17) is 14.2 Å². The molecule has 3 heterocycles. The molecule has 1 fully saturated rings. The van der Waals surface area contributed by atoms with E-state index in [0.29, 0.717) is 41.4 Å². The summed E-state index contributed by atoms with van der Waals surface area (Å²) in [5.41, 5.74) is 2.41. The predicted molar refractivity (Wildman–Crippen MR) is 120 cm³/mol. The molecule has 9 nitrogen and oxygen atoms in total. The number of methoxy groups -OCH3 is 2. The Morgan fingerprint density at radius 2 is 2.09 bits per heavy atom. The third kappa shape index (κ3) is 4.29. The monoisotopic (exact) mass is 438 g/mol. The number of rotatable bonds is 7. The number of ether oxygens (including phenoxy) is 3. The zero-order valence-electron chi connectivity index (χ0n) is 18.4. The molecule has 0 radical (unpaired) electrons. The number of benzene rings is 1. The molecule has 2 unspecified atom stereocenters. The zero-order valence-corrected chi connectivity index (χ0v) is 18.4. The third-order valence-electron chi connectivity index (χ3n) is 5.80. The van der Waals surface area contributed by atoms with Gasteiger partial charge in [0.25, 0.3) is 0 Å². The van der Waals surface area contributed by atoms with Crippen LogP contribution >= 0.6 is 0 Å². The molecule has 9 heteroatoms. The molecular weight excluding hydrogens is 412 g/mol. The lowest BCUT2D eigenvalue weighted by Gasteiger charge is -2.38. The predicted octanol–water partition coefficient (Wildman–Crippen LogP) is 4.13. The minimum Gasteiger partial charge on any atom is -0.497 e. The molecule has 2 aromatic heterocycles. The van der Waals surface area contributed by atoms with Crippen LogP contribution in [0.3, 0.4) is 0 Å². The highest BCUT2D eigenvalue weighted by molar-refractivity contribution is 5.93. The normalized spacial score (nSPS) is 18.3. The standard InChI is InChI=1S/C23H26N4O5/c1-15-11-17(8-10-32-15)26(14-16-6-7-18(30-2)12-21(16)31-3)23-20(27(28)29)13-25-19-5-4-9-24-22(19)23/h4-7,9,12-13,15,17H,8,10-11,14H2,1-3H3. The van der Waals surface area contributed by atoms with Crippen molar-refractivity contribution < 1.29 is 19.1 Å². The highest BCUT2D eigenvalue weighted by Crippen LogP contribution is 2.39. The molecule has 0 N–H and O–H groups in total. The van der Waals surface area contributed by atoms with Crippen LogP contribution in [0.2, 0.25) is 0 Å². The summed E-state index contributed by atoms with van der Waals surface area (Å²) in [6, 6.07) is 9.22. The van der Waals surface area contributed by atoms with Crippen molar-refractivity contribution in [1.29, 1.82) is 0 Å². The van der Waals surface area contributed by atoms with Gasteiger partial charge < -0.3 is 19.1 Å². The first-order valence-electron chi connectivity index (χ1n) is 10.5. The fourth-order valence-electron chi connectivity index (χ4n) is 4.23. The van der Waals surface area contributed by atoms with E-state index in [2.05, 4.69) is 14.9 Å². The maximum Gasteiger partial charge on any atom is 0.312 e. The van der Waals surface area contributed by atoms with Crippen molar-refractivity contribution in [3.63, 3.8) is 0 Å². The molecule has 1 aliphatic rings. The average Bonchev–Trinajstić information content (AvgIpc) is 2.81. The van der Waals surface area contributed by atoms with Gasteiger partial charge in [-0.15, -0.1) is 0 Å². The molecule has 32 heavy (non-hydrogen) atoms. The molecule has 1 saturated heterocycles. The summed E-state index contributed by atoms with van der Waals surface area (Å²) in [5.74, 6) is 1.34. The Bertz CT molecular complexity index is 1120. The van der Waals surface area contributed by atoms with Crippen molar-refractivity contribution in [2.75, 3.05) is 25.7 Å². The number of pyridine rings is 2. The Balaban J connectivity index is 1.88. The number of anilines is 1. The van der Waals surface area contributed by atoms with Gasteiger partial charge in [-0.1, -0.05) is 0 Å². The maximum absolute atomic E-state index is 12.0. The maximum atomic E-state index is 12.0. The van der Waals surface area contributed by atoms with Gasteiger partial charge in [0.1, 0.15) is 28.9 Å². The summed E-state index contributed by atoms with van der Waals surface area (Å²) in [4.78, 5) is 22.4. The van der Waals surface area contributed by atoms with Crippen molar-refractivity contribution >= 4 is 22.4 Å². The molecule has 3 aromatic rings. The van der Waals surface area contributed by atoms with Crippen LogP contribution in [-0.4, -0.2) is 47.9 Å². The lowest BCUT2D eigenvalue weighted by atomic mass is 9.99. The topological polar surface area (TPSA) is 99.9 Å². The number of hydrogen-bond acceptors (Lipinski definition) is 8. The average molecular weight is 438 g/mol. The van der Waals surface area contributed by atoms with E-state index >= 15 is 0 Å². The Morgan fingerprint density at radius 3 is 2.81 bits per heavy atom. The molecule has 0 bridgehead atoms. The first-order chi connectivity index (χ1) is 15.5. The van der Waals surface area contributed by atoms with E-state index in [1.165, 1.54) is 6.20 Å². The molecule has 1 aliphatic heterocycles. The second-order valence-corrected chi connectivity index (χ2v) is 7.79. The van der Waals surface area contributed by atoms with Crippen LogP contribution in [0.15, 0.2) is 42.7 Å². The molecule has 168 valence electrons. The molecule has 0 saturated carbocycles. The van der Waals surface area contributed by atoms with Crippen molar-refractivity contribution in [1.82, 2.24) is 9.97 Å². The van der Waals surface area contributed by atoms with Crippen LogP contribution in [0.5, 0.6) is 11.5 Å². The number of nitro groups is 1. The van der Waals surface area contributed by atoms with Gasteiger partial charge in [0.2, 0.25) is 0 Å². The van der Waals surface area contributed by atoms with Gasteiger partial charge in [-0.3, -0.25) is 15.1 Å². The van der Waals surface area contributed by atoms with E-state index < -0.39 is 4.92 Å². The number of aromatic nitrogens is 2. The number of nitrogens with zero attached hydrogens (tertiary/aromatic N) is 4. The fourth-order valence-corrected chi connectivity index (χ4v) is 4.23. The fraction of sp³-hybridized carbons (Fsp3) is 0.391. The molecule has 0 aliphatic carbocycles. The summed E-state index contributed by atoms with van der Waals surface area (Å²) in [7, 11) is 3.20. The van der Waals surface area contributed by atoms with Gasteiger partial charge in [-0.05, 0) is 44.0 Å². The van der Waals surface area contributed by atoms with Gasteiger partial charge in [0, 0.05) is 37.0 Å². The van der Waals surface area contributed by atoms with Gasteiger partial charge >= 0.3 is 5.69 Å². The van der Waals surface area contributed by atoms with E-state index in [-0.39, 0.29) is 17.8 Å². The number of fused-ring (bicyclic) bond motifs is 1. The van der Waals surface area contributed by atoms with Crippen molar-refractivity contribution in [3.05, 3.63) is 58.4 Å². The molecular formula is C23H26N4O5. The first kappa shape index (κ1) is 21.8. The molecule has 2 atom stereocenters. The minimum absolute atomic E-state index is 0.0249. The van der Waals surface area contributed by atoms with Crippen molar-refractivity contribution in [3.8, 4) is 11.5 Å². The van der Waals surface area contributed by atoms with Crippen molar-refractivity contribution in [2.45, 2.75) is 38.5 Å². The third-order valence-corrected chi connectivity index (χ3v) is 5.80. The van der Waals surface area contributed by atoms with Gasteiger partial charge in [0.15, 0.2) is 0 Å². The van der Waals surface area contributed by atoms with Crippen LogP contribution < -0.4 is 14.4 Å². The summed E-state index contributed by atoms with van der Waals surface area (Å²) in [6.07, 6.45) is 4.49. The minimum atomic E-state index is -0.391. The lowest BCUT2D eigenvalue weighted by molar-refractivity contribution is -0.384. The lowest BCUT2D eigenvalue weighted by Crippen LogP contribution is -2.42. The SMILES string of the molecule is COc1ccc(CN(c2c([N+](=O)[O-])cnc3cccnc23)C2CCOC(C)C2)c(OC)c1. The Morgan fingerprint density at radius 1 is 1.25 bits per heavy atom. The van der Waals surface area contributed by atoms with Crippen LogP contribution in [0.4, 0.5) is 11.4 Å². The van der Waals surface area contributed by atoms with Gasteiger partial charge in [-0.25, -0.2) is 4.98 Å². The van der Waals surface area contributed by atoms with Crippen LogP contribution in [0.25, 0.3) is 11.0 Å². The molecule has 0 spiro atoms. The smallest absolute Gasteiger partial charge is 0.312 e. The Labute approximate surface area is 186 Å². The van der Waals surface area contributed by atoms with E-state index in [0.717, 1.165) is 18.4 Å². The second-order valence-electron chi connectivity index (χ2n) is 7.79. The van der Waals surface area contributed by atoms with Crippen molar-refractivity contribution in [2.24, 2.45) is 0 Å². The van der Waals surface area contributed by atoms with E-state index in [1.54, 1.807) is 26.5 Å². The van der Waals surface area contributed by atoms with Gasteiger partial charge in [0.05, 0.1) is 30.8 Å². The molecule has 0 amide bonds. The first-order valence-corrected chi connectivity index (χ1v) is 10.5. The molecule has 1 aromatic carbocycles. The number of hydrogen-bond donors (Lipinski definition) is 0. The van der Waals surface area contributed by atoms with Crippen LogP contribution in [0, 0.1) is 10.1 Å². The Hall–Kier alpha value is -3.46. The Kier molecular flexibility index (Phi) is 6.36. The largest absolute Gasteiger partial charge is 0.497 e. The summed E-state index contributed by atoms with van der Waals surface area (Å²) in [6.45, 7) is 3.02. The van der Waals surface area contributed by atoms with Crippen LogP contribution in [0.1, 0.15) is 25.3 Å². The molecule has 4 rings (SSSR count). The summed E-state index contributed by atoms with van der Waals surface area (Å²) in [5, 5.41) is 12.0. The van der Waals surface area contributed by atoms with Crippen LogP contribution in [-0.2, 0) is 11.3 Å². The summed E-state index contributed by atoms with van der Waals surface area (Å²) < 4.78 is 16.7. The quantitative estimate of drug-likeness (QED) is 0.401. The highest BCUT2D eigenvalue weighted by atomic mass is 16.6. The van der Waals surface area contributed by atoms with E-state index in [9.17, 15) is 10.1 Å². The van der Waals surface area contributed by atoms with Gasteiger partial charge in [-0.2, -0.15) is 0 Å². The highest BCUT2D eigenvalue weighted by Gasteiger charge is 2.32. The summed E-state index contributed by atoms with van der Waals surface area (Å²) >= 11 is 0. The van der Waals surface area contributed by atoms with E-state index in [1.807, 2.05) is 31.2 Å². The second kappa shape index (κ2) is 9.35. The zero-order chi connectivity index (χ0) is 22.7.